The molecule has 2 aromatic rings. The lowest BCUT2D eigenvalue weighted by molar-refractivity contribution is -0.114. The number of nitrogens with one attached hydrogen (secondary N) is 2. The van der Waals surface area contributed by atoms with Gasteiger partial charge in [-0.1, -0.05) is 0 Å². The van der Waals surface area contributed by atoms with Crippen LogP contribution in [0.4, 0.5) is 5.00 Å². The highest BCUT2D eigenvalue weighted by Crippen LogP contribution is 2.42. The molecule has 2 N–H and O–H groups in total. The zero-order chi connectivity index (χ0) is 12.5. The number of carbonyl (C=O) groups excluding carboxylic acids is 1. The number of fused-ring (bicyclic) bond motifs is 1. The first kappa shape index (κ1) is 11.5. The van der Waals surface area contributed by atoms with Crippen LogP contribution in [0.1, 0.15) is 17.4 Å². The Labute approximate surface area is 109 Å². The highest BCUT2D eigenvalue weighted by molar-refractivity contribution is 7.17. The molecule has 3 heterocycles. The molecule has 0 aliphatic carbocycles. The van der Waals surface area contributed by atoms with Gasteiger partial charge in [0.25, 0.3) is 0 Å². The number of hydrogen-bond donors (Lipinski definition) is 2. The molecule has 1 amide bonds. The number of furan rings is 1. The van der Waals surface area contributed by atoms with Crippen LogP contribution in [-0.2, 0) is 17.8 Å². The molecule has 0 saturated carbocycles. The summed E-state index contributed by atoms with van der Waals surface area (Å²) in [6, 6.07) is 3.81. The summed E-state index contributed by atoms with van der Waals surface area (Å²) in [6.45, 7) is 3.37. The van der Waals surface area contributed by atoms with Crippen LogP contribution in [-0.4, -0.2) is 12.5 Å². The first-order chi connectivity index (χ1) is 8.75. The van der Waals surface area contributed by atoms with Crippen molar-refractivity contribution in [2.45, 2.75) is 19.9 Å². The minimum Gasteiger partial charge on any atom is -0.464 e. The van der Waals surface area contributed by atoms with E-state index in [4.69, 9.17) is 4.42 Å². The molecule has 0 unspecified atom stereocenters. The largest absolute Gasteiger partial charge is 0.464 e. The maximum Gasteiger partial charge on any atom is 0.221 e. The Morgan fingerprint density at radius 1 is 1.56 bits per heavy atom. The number of carbonyl (C=O) groups is 1. The van der Waals surface area contributed by atoms with Crippen molar-refractivity contribution >= 4 is 22.2 Å². The van der Waals surface area contributed by atoms with E-state index in [9.17, 15) is 4.79 Å². The molecule has 5 heteroatoms. The standard InChI is InChI=1S/C13H14N2O2S/c1-8(16)15-13-12(10-3-2-6-17-10)9-4-5-14-7-11(9)18-13/h2-3,6,14H,4-5,7H2,1H3,(H,15,16). The Bertz CT molecular complexity index is 572. The number of thiophene rings is 1. The summed E-state index contributed by atoms with van der Waals surface area (Å²) in [4.78, 5) is 12.6. The summed E-state index contributed by atoms with van der Waals surface area (Å²) >= 11 is 1.63. The summed E-state index contributed by atoms with van der Waals surface area (Å²) < 4.78 is 5.50. The zero-order valence-electron chi connectivity index (χ0n) is 10.1. The van der Waals surface area contributed by atoms with Crippen molar-refractivity contribution < 1.29 is 9.21 Å². The minimum absolute atomic E-state index is 0.0469. The molecule has 0 fully saturated rings. The van der Waals surface area contributed by atoms with Gasteiger partial charge in [0, 0.05) is 18.3 Å². The van der Waals surface area contributed by atoms with Crippen LogP contribution in [0, 0.1) is 0 Å². The fourth-order valence-corrected chi connectivity index (χ4v) is 3.53. The average molecular weight is 262 g/mol. The van der Waals surface area contributed by atoms with E-state index in [0.29, 0.717) is 0 Å². The number of rotatable bonds is 2. The second-order valence-corrected chi connectivity index (χ2v) is 5.40. The Morgan fingerprint density at radius 2 is 2.44 bits per heavy atom. The van der Waals surface area contributed by atoms with Crippen LogP contribution in [0.3, 0.4) is 0 Å². The summed E-state index contributed by atoms with van der Waals surface area (Å²) in [7, 11) is 0. The molecular formula is C13H14N2O2S. The first-order valence-corrected chi connectivity index (χ1v) is 6.74. The minimum atomic E-state index is -0.0469. The first-order valence-electron chi connectivity index (χ1n) is 5.92. The molecule has 0 spiro atoms. The van der Waals surface area contributed by atoms with Gasteiger partial charge in [-0.2, -0.15) is 0 Å². The van der Waals surface area contributed by atoms with Crippen LogP contribution < -0.4 is 10.6 Å². The van der Waals surface area contributed by atoms with Gasteiger partial charge in [-0.3, -0.25) is 4.79 Å². The van der Waals surface area contributed by atoms with Crippen LogP contribution in [0.25, 0.3) is 11.3 Å². The van der Waals surface area contributed by atoms with E-state index in [0.717, 1.165) is 35.8 Å². The van der Waals surface area contributed by atoms with Crippen molar-refractivity contribution in [3.05, 3.63) is 28.8 Å². The molecule has 1 aliphatic heterocycles. The highest BCUT2D eigenvalue weighted by Gasteiger charge is 2.23. The Morgan fingerprint density at radius 3 is 3.17 bits per heavy atom. The molecule has 2 aromatic heterocycles. The molecular weight excluding hydrogens is 248 g/mol. The van der Waals surface area contributed by atoms with Crippen molar-refractivity contribution in [3.63, 3.8) is 0 Å². The van der Waals surface area contributed by atoms with Gasteiger partial charge >= 0.3 is 0 Å². The Balaban J connectivity index is 2.13. The smallest absolute Gasteiger partial charge is 0.221 e. The van der Waals surface area contributed by atoms with Crippen LogP contribution in [0.2, 0.25) is 0 Å². The molecule has 3 rings (SSSR count). The average Bonchev–Trinajstić information content (AvgIpc) is 2.93. The fraction of sp³-hybridized carbons (Fsp3) is 0.308. The molecule has 0 saturated heterocycles. The van der Waals surface area contributed by atoms with E-state index in [-0.39, 0.29) is 5.91 Å². The van der Waals surface area contributed by atoms with E-state index < -0.39 is 0 Å². The van der Waals surface area contributed by atoms with Gasteiger partial charge < -0.3 is 15.1 Å². The van der Waals surface area contributed by atoms with Gasteiger partial charge in [-0.05, 0) is 30.7 Å². The molecule has 0 atom stereocenters. The van der Waals surface area contributed by atoms with Gasteiger partial charge in [0.05, 0.1) is 11.8 Å². The maximum atomic E-state index is 11.3. The second kappa shape index (κ2) is 4.59. The normalized spacial score (nSPS) is 14.3. The lowest BCUT2D eigenvalue weighted by Crippen LogP contribution is -2.22. The number of anilines is 1. The summed E-state index contributed by atoms with van der Waals surface area (Å²) in [5, 5.41) is 7.15. The van der Waals surface area contributed by atoms with Crippen LogP contribution in [0.5, 0.6) is 0 Å². The Kier molecular flexibility index (Phi) is 2.93. The molecule has 1 aliphatic rings. The van der Waals surface area contributed by atoms with Crippen molar-refractivity contribution in [2.24, 2.45) is 0 Å². The van der Waals surface area contributed by atoms with Crippen LogP contribution >= 0.6 is 11.3 Å². The van der Waals surface area contributed by atoms with Gasteiger partial charge in [0.1, 0.15) is 10.8 Å². The second-order valence-electron chi connectivity index (χ2n) is 4.29. The van der Waals surface area contributed by atoms with Gasteiger partial charge in [-0.15, -0.1) is 11.3 Å². The number of amides is 1. The predicted octanol–water partition coefficient (Wildman–Crippen LogP) is 2.61. The molecule has 4 nitrogen and oxygen atoms in total. The Hall–Kier alpha value is -1.59. The van der Waals surface area contributed by atoms with E-state index in [2.05, 4.69) is 10.6 Å². The molecule has 0 bridgehead atoms. The van der Waals surface area contributed by atoms with E-state index in [1.54, 1.807) is 17.6 Å². The van der Waals surface area contributed by atoms with Crippen molar-refractivity contribution in [1.29, 1.82) is 0 Å². The topological polar surface area (TPSA) is 54.3 Å². The van der Waals surface area contributed by atoms with Crippen molar-refractivity contribution in [1.82, 2.24) is 5.32 Å². The van der Waals surface area contributed by atoms with E-state index in [1.165, 1.54) is 17.4 Å². The molecule has 0 aromatic carbocycles. The quantitative estimate of drug-likeness (QED) is 0.874. The van der Waals surface area contributed by atoms with Crippen LogP contribution in [0.15, 0.2) is 22.8 Å². The summed E-state index contributed by atoms with van der Waals surface area (Å²) in [6.07, 6.45) is 2.64. The molecule has 0 radical (unpaired) electrons. The van der Waals surface area contributed by atoms with Gasteiger partial charge in [0.15, 0.2) is 0 Å². The summed E-state index contributed by atoms with van der Waals surface area (Å²) in [5.41, 5.74) is 2.36. The SMILES string of the molecule is CC(=O)Nc1sc2c(c1-c1ccco1)CCNC2. The third-order valence-electron chi connectivity index (χ3n) is 2.99. The van der Waals surface area contributed by atoms with Gasteiger partial charge in [-0.25, -0.2) is 0 Å². The summed E-state index contributed by atoms with van der Waals surface area (Å²) in [5.74, 6) is 0.785. The molecule has 18 heavy (non-hydrogen) atoms. The van der Waals surface area contributed by atoms with Gasteiger partial charge in [0.2, 0.25) is 5.91 Å². The van der Waals surface area contributed by atoms with Crippen molar-refractivity contribution in [2.75, 3.05) is 11.9 Å². The predicted molar refractivity (Wildman–Crippen MR) is 71.7 cm³/mol. The van der Waals surface area contributed by atoms with E-state index >= 15 is 0 Å². The third kappa shape index (κ3) is 1.95. The van der Waals surface area contributed by atoms with Crippen molar-refractivity contribution in [3.8, 4) is 11.3 Å². The highest BCUT2D eigenvalue weighted by atomic mass is 32.1. The zero-order valence-corrected chi connectivity index (χ0v) is 10.9. The fourth-order valence-electron chi connectivity index (χ4n) is 2.26. The lowest BCUT2D eigenvalue weighted by Gasteiger charge is -2.13. The number of hydrogen-bond acceptors (Lipinski definition) is 4. The van der Waals surface area contributed by atoms with E-state index in [1.807, 2.05) is 12.1 Å². The lowest BCUT2D eigenvalue weighted by atomic mass is 10.0. The molecule has 94 valence electrons. The monoisotopic (exact) mass is 262 g/mol. The maximum absolute atomic E-state index is 11.3. The third-order valence-corrected chi connectivity index (χ3v) is 4.13.